The molecule has 0 fully saturated rings. The van der Waals surface area contributed by atoms with E-state index in [0.29, 0.717) is 11.6 Å². The van der Waals surface area contributed by atoms with Gasteiger partial charge < -0.3 is 5.73 Å². The molecule has 12 heavy (non-hydrogen) atoms. The van der Waals surface area contributed by atoms with Gasteiger partial charge in [-0.15, -0.1) is 0 Å². The van der Waals surface area contributed by atoms with Gasteiger partial charge in [0.15, 0.2) is 0 Å². The zero-order valence-electron chi connectivity index (χ0n) is 6.43. The molecule has 0 atom stereocenters. The van der Waals surface area contributed by atoms with Crippen molar-refractivity contribution < 1.29 is 0 Å². The van der Waals surface area contributed by atoms with Crippen LogP contribution in [0.4, 0.5) is 0 Å². The monoisotopic (exact) mass is 245 g/mol. The molecule has 0 unspecified atom stereocenters. The lowest BCUT2D eigenvalue weighted by molar-refractivity contribution is 1.26. The van der Waals surface area contributed by atoms with Crippen LogP contribution in [0.5, 0.6) is 0 Å². The van der Waals surface area contributed by atoms with E-state index < -0.39 is 0 Å². The normalized spacial score (nSPS) is 10.9. The number of hydrogen-bond donors (Lipinski definition) is 1. The molecule has 3 heteroatoms. The summed E-state index contributed by atoms with van der Waals surface area (Å²) < 4.78 is 0.911. The van der Waals surface area contributed by atoms with E-state index in [0.717, 1.165) is 10.0 Å². The van der Waals surface area contributed by atoms with Crippen molar-refractivity contribution >= 4 is 33.6 Å². The Hall–Kier alpha value is -0.310. The molecule has 64 valence electrons. The van der Waals surface area contributed by atoms with Gasteiger partial charge in [0.2, 0.25) is 0 Å². The fraction of sp³-hybridized carbons (Fsp3) is 0.111. The molecular formula is C9H9BrClN. The van der Waals surface area contributed by atoms with Crippen LogP contribution in [0.2, 0.25) is 5.02 Å². The fourth-order valence-corrected chi connectivity index (χ4v) is 1.26. The van der Waals surface area contributed by atoms with Crippen LogP contribution < -0.4 is 5.73 Å². The van der Waals surface area contributed by atoms with Gasteiger partial charge in [-0.1, -0.05) is 29.8 Å². The molecule has 0 aliphatic rings. The van der Waals surface area contributed by atoms with Crippen LogP contribution >= 0.6 is 27.5 Å². The van der Waals surface area contributed by atoms with Crippen molar-refractivity contribution in [2.45, 2.75) is 0 Å². The zero-order valence-corrected chi connectivity index (χ0v) is 8.77. The lowest BCUT2D eigenvalue weighted by Gasteiger charge is -1.96. The largest absolute Gasteiger partial charge is 0.327 e. The van der Waals surface area contributed by atoms with E-state index in [4.69, 9.17) is 17.3 Å². The summed E-state index contributed by atoms with van der Waals surface area (Å²) in [6.07, 6.45) is 3.83. The van der Waals surface area contributed by atoms with Crippen LogP contribution in [0, 0.1) is 0 Å². The van der Waals surface area contributed by atoms with Gasteiger partial charge in [0, 0.05) is 11.0 Å². The molecule has 0 amide bonds. The van der Waals surface area contributed by atoms with Gasteiger partial charge in [0.1, 0.15) is 0 Å². The molecule has 1 aromatic rings. The first-order chi connectivity index (χ1) is 5.74. The van der Waals surface area contributed by atoms with E-state index in [1.165, 1.54) is 0 Å². The van der Waals surface area contributed by atoms with Gasteiger partial charge in [-0.3, -0.25) is 0 Å². The van der Waals surface area contributed by atoms with Crippen LogP contribution in [0.1, 0.15) is 5.56 Å². The molecule has 1 rings (SSSR count). The quantitative estimate of drug-likeness (QED) is 0.853. The minimum atomic E-state index is 0.549. The summed E-state index contributed by atoms with van der Waals surface area (Å²) >= 11 is 9.20. The molecule has 1 nitrogen and oxygen atoms in total. The van der Waals surface area contributed by atoms with Gasteiger partial charge in [-0.2, -0.15) is 0 Å². The highest BCUT2D eigenvalue weighted by atomic mass is 79.9. The summed E-state index contributed by atoms with van der Waals surface area (Å²) in [5, 5.41) is 0.717. The van der Waals surface area contributed by atoms with Crippen molar-refractivity contribution in [3.05, 3.63) is 39.3 Å². The SMILES string of the molecule is NC/C=C/c1ccc(Br)c(Cl)c1. The van der Waals surface area contributed by atoms with Gasteiger partial charge in [-0.25, -0.2) is 0 Å². The summed E-state index contributed by atoms with van der Waals surface area (Å²) in [6.45, 7) is 0.549. The Labute approximate surface area is 85.3 Å². The Kier molecular flexibility index (Phi) is 3.79. The first kappa shape index (κ1) is 9.78. The Morgan fingerprint density at radius 3 is 2.83 bits per heavy atom. The first-order valence-corrected chi connectivity index (χ1v) is 4.73. The standard InChI is InChI=1S/C9H9BrClN/c10-8-4-3-7(2-1-5-12)6-9(8)11/h1-4,6H,5,12H2/b2-1+. The highest BCUT2D eigenvalue weighted by Gasteiger charge is 1.95. The van der Waals surface area contributed by atoms with E-state index in [9.17, 15) is 0 Å². The van der Waals surface area contributed by atoms with Gasteiger partial charge >= 0.3 is 0 Å². The lowest BCUT2D eigenvalue weighted by Crippen LogP contribution is -1.91. The van der Waals surface area contributed by atoms with E-state index in [-0.39, 0.29) is 0 Å². The number of hydrogen-bond acceptors (Lipinski definition) is 1. The van der Waals surface area contributed by atoms with Gasteiger partial charge in [-0.05, 0) is 33.6 Å². The van der Waals surface area contributed by atoms with Gasteiger partial charge in [0.25, 0.3) is 0 Å². The molecule has 0 radical (unpaired) electrons. The van der Waals surface area contributed by atoms with Crippen molar-refractivity contribution in [3.63, 3.8) is 0 Å². The third-order valence-corrected chi connectivity index (χ3v) is 2.62. The summed E-state index contributed by atoms with van der Waals surface area (Å²) in [7, 11) is 0. The van der Waals surface area contributed by atoms with E-state index in [2.05, 4.69) is 15.9 Å². The van der Waals surface area contributed by atoms with Crippen molar-refractivity contribution in [2.24, 2.45) is 5.73 Å². The molecule has 0 aromatic heterocycles. The van der Waals surface area contributed by atoms with Crippen molar-refractivity contribution in [3.8, 4) is 0 Å². The highest BCUT2D eigenvalue weighted by molar-refractivity contribution is 9.10. The van der Waals surface area contributed by atoms with Crippen LogP contribution in [0.15, 0.2) is 28.7 Å². The predicted octanol–water partition coefficient (Wildman–Crippen LogP) is 3.07. The second kappa shape index (κ2) is 4.65. The van der Waals surface area contributed by atoms with Crippen molar-refractivity contribution in [1.82, 2.24) is 0 Å². The zero-order chi connectivity index (χ0) is 8.97. The third-order valence-electron chi connectivity index (χ3n) is 1.39. The first-order valence-electron chi connectivity index (χ1n) is 3.55. The number of benzene rings is 1. The van der Waals surface area contributed by atoms with Crippen LogP contribution in [0.25, 0.3) is 6.08 Å². The minimum absolute atomic E-state index is 0.549. The molecule has 0 saturated carbocycles. The van der Waals surface area contributed by atoms with E-state index in [1.54, 1.807) is 0 Å². The second-order valence-corrected chi connectivity index (χ2v) is 3.57. The smallest absolute Gasteiger partial charge is 0.0554 e. The number of halogens is 2. The predicted molar refractivity (Wildman–Crippen MR) is 57.2 cm³/mol. The Balaban J connectivity index is 2.89. The molecule has 0 heterocycles. The number of rotatable bonds is 2. The van der Waals surface area contributed by atoms with Crippen LogP contribution in [-0.4, -0.2) is 6.54 Å². The maximum absolute atomic E-state index is 5.88. The van der Waals surface area contributed by atoms with Crippen molar-refractivity contribution in [1.29, 1.82) is 0 Å². The molecule has 0 saturated heterocycles. The number of nitrogens with two attached hydrogens (primary N) is 1. The third kappa shape index (κ3) is 2.63. The molecule has 0 bridgehead atoms. The highest BCUT2D eigenvalue weighted by Crippen LogP contribution is 2.23. The van der Waals surface area contributed by atoms with Gasteiger partial charge in [0.05, 0.1) is 5.02 Å². The fourth-order valence-electron chi connectivity index (χ4n) is 0.820. The van der Waals surface area contributed by atoms with E-state index >= 15 is 0 Å². The average molecular weight is 247 g/mol. The molecule has 0 aliphatic heterocycles. The summed E-state index contributed by atoms with van der Waals surface area (Å²) in [5.74, 6) is 0. The molecule has 2 N–H and O–H groups in total. The summed E-state index contributed by atoms with van der Waals surface area (Å²) in [6, 6.07) is 5.78. The average Bonchev–Trinajstić information content (AvgIpc) is 2.07. The lowest BCUT2D eigenvalue weighted by atomic mass is 10.2. The maximum atomic E-state index is 5.88. The molecule has 0 spiro atoms. The summed E-state index contributed by atoms with van der Waals surface area (Å²) in [5.41, 5.74) is 6.38. The maximum Gasteiger partial charge on any atom is 0.0554 e. The van der Waals surface area contributed by atoms with Crippen LogP contribution in [0.3, 0.4) is 0 Å². The second-order valence-electron chi connectivity index (χ2n) is 2.31. The Morgan fingerprint density at radius 1 is 1.50 bits per heavy atom. The molecule has 1 aromatic carbocycles. The Morgan fingerprint density at radius 2 is 2.25 bits per heavy atom. The minimum Gasteiger partial charge on any atom is -0.327 e. The summed E-state index contributed by atoms with van der Waals surface area (Å²) in [4.78, 5) is 0. The Bertz CT molecular complexity index is 297. The molecular weight excluding hydrogens is 237 g/mol. The molecule has 0 aliphatic carbocycles. The van der Waals surface area contributed by atoms with E-state index in [1.807, 2.05) is 30.4 Å². The van der Waals surface area contributed by atoms with Crippen molar-refractivity contribution in [2.75, 3.05) is 6.54 Å². The van der Waals surface area contributed by atoms with Crippen LogP contribution in [-0.2, 0) is 0 Å². The topological polar surface area (TPSA) is 26.0 Å².